The molecule has 0 radical (unpaired) electrons. The highest BCUT2D eigenvalue weighted by atomic mass is 79.9. The lowest BCUT2D eigenvalue weighted by molar-refractivity contribution is -0.141. The molecule has 1 aromatic heterocycles. The van der Waals surface area contributed by atoms with E-state index in [-0.39, 0.29) is 8.79 Å². The van der Waals surface area contributed by atoms with Crippen LogP contribution in [0.25, 0.3) is 0 Å². The van der Waals surface area contributed by atoms with E-state index in [1.165, 1.54) is 0 Å². The number of halogens is 4. The summed E-state index contributed by atoms with van der Waals surface area (Å²) in [5, 5.41) is 0. The maximum absolute atomic E-state index is 12.2. The van der Waals surface area contributed by atoms with Crippen molar-refractivity contribution in [3.8, 4) is 0 Å². The first-order chi connectivity index (χ1) is 5.45. The summed E-state index contributed by atoms with van der Waals surface area (Å²) in [7, 11) is 0. The quantitative estimate of drug-likeness (QED) is 0.753. The Bertz CT molecular complexity index is 281. The van der Waals surface area contributed by atoms with Crippen molar-refractivity contribution in [2.24, 2.45) is 0 Å². The molecule has 0 aliphatic heterocycles. The van der Waals surface area contributed by atoms with Gasteiger partial charge in [0.25, 0.3) is 0 Å². The fourth-order valence-electron chi connectivity index (χ4n) is 0.784. The molecule has 12 heavy (non-hydrogen) atoms. The van der Waals surface area contributed by atoms with Crippen molar-refractivity contribution in [2.75, 3.05) is 0 Å². The van der Waals surface area contributed by atoms with E-state index in [1.807, 2.05) is 0 Å². The normalized spacial score (nSPS) is 12.1. The summed E-state index contributed by atoms with van der Waals surface area (Å²) in [5.74, 6) is 0. The van der Waals surface area contributed by atoms with Crippen LogP contribution in [0, 0.1) is 0 Å². The highest BCUT2D eigenvalue weighted by molar-refractivity contribution is 9.11. The van der Waals surface area contributed by atoms with E-state index in [0.717, 1.165) is 11.3 Å². The minimum absolute atomic E-state index is 0.273. The van der Waals surface area contributed by atoms with Crippen LogP contribution in [0.5, 0.6) is 0 Å². The fourth-order valence-corrected chi connectivity index (χ4v) is 2.29. The van der Waals surface area contributed by atoms with Crippen molar-refractivity contribution in [2.45, 2.75) is 19.5 Å². The standard InChI is InChI=1S/C6H5BrF3NS/c1-2-3-4(6(8,9)10)11-5(7)12-3/h2H2,1H3. The SMILES string of the molecule is CCc1sc(Br)nc1C(F)(F)F. The van der Waals surface area contributed by atoms with Crippen LogP contribution in [-0.4, -0.2) is 4.98 Å². The first-order valence-electron chi connectivity index (χ1n) is 3.17. The minimum atomic E-state index is -4.33. The molecule has 0 saturated carbocycles. The molecule has 0 N–H and O–H groups in total. The van der Waals surface area contributed by atoms with Gasteiger partial charge in [-0.2, -0.15) is 13.2 Å². The number of thiazole rings is 1. The van der Waals surface area contributed by atoms with Crippen LogP contribution >= 0.6 is 27.3 Å². The lowest BCUT2D eigenvalue weighted by Crippen LogP contribution is -2.07. The zero-order chi connectivity index (χ0) is 9.35. The maximum Gasteiger partial charge on any atom is 0.434 e. The Labute approximate surface area is 79.8 Å². The van der Waals surface area contributed by atoms with E-state index in [1.54, 1.807) is 6.92 Å². The molecule has 0 aliphatic rings. The van der Waals surface area contributed by atoms with E-state index < -0.39 is 11.9 Å². The number of aryl methyl sites for hydroxylation is 1. The number of hydrogen-bond donors (Lipinski definition) is 0. The van der Waals surface area contributed by atoms with Crippen LogP contribution in [0.2, 0.25) is 0 Å². The Hall–Kier alpha value is -0.100. The van der Waals surface area contributed by atoms with Crippen LogP contribution in [-0.2, 0) is 12.6 Å². The summed E-state index contributed by atoms with van der Waals surface area (Å²) < 4.78 is 36.8. The lowest BCUT2D eigenvalue weighted by Gasteiger charge is -2.03. The zero-order valence-electron chi connectivity index (χ0n) is 6.07. The van der Waals surface area contributed by atoms with Crippen LogP contribution in [0.15, 0.2) is 3.92 Å². The molecule has 0 aromatic carbocycles. The summed E-state index contributed by atoms with van der Waals surface area (Å²) in [6, 6.07) is 0. The van der Waals surface area contributed by atoms with Gasteiger partial charge in [-0.25, -0.2) is 4.98 Å². The van der Waals surface area contributed by atoms with Gasteiger partial charge >= 0.3 is 6.18 Å². The summed E-state index contributed by atoms with van der Waals surface area (Å²) >= 11 is 3.95. The van der Waals surface area contributed by atoms with Gasteiger partial charge in [0.05, 0.1) is 0 Å². The smallest absolute Gasteiger partial charge is 0.224 e. The van der Waals surface area contributed by atoms with Crippen molar-refractivity contribution in [1.29, 1.82) is 0 Å². The van der Waals surface area contributed by atoms with Crippen LogP contribution in [0.4, 0.5) is 13.2 Å². The highest BCUT2D eigenvalue weighted by Gasteiger charge is 2.36. The van der Waals surface area contributed by atoms with Gasteiger partial charge in [0, 0.05) is 4.88 Å². The molecule has 0 spiro atoms. The number of rotatable bonds is 1. The molecule has 68 valence electrons. The summed E-state index contributed by atoms with van der Waals surface area (Å²) in [6.07, 6.45) is -3.97. The largest absolute Gasteiger partial charge is 0.434 e. The molecule has 1 heterocycles. The van der Waals surface area contributed by atoms with E-state index in [0.29, 0.717) is 6.42 Å². The van der Waals surface area contributed by atoms with Gasteiger partial charge < -0.3 is 0 Å². The van der Waals surface area contributed by atoms with Crippen molar-refractivity contribution in [3.63, 3.8) is 0 Å². The van der Waals surface area contributed by atoms with Gasteiger partial charge in [-0.05, 0) is 22.4 Å². The second-order valence-electron chi connectivity index (χ2n) is 2.09. The predicted molar refractivity (Wildman–Crippen MR) is 44.2 cm³/mol. The van der Waals surface area contributed by atoms with Crippen molar-refractivity contribution < 1.29 is 13.2 Å². The van der Waals surface area contributed by atoms with Gasteiger partial charge in [-0.15, -0.1) is 11.3 Å². The first-order valence-corrected chi connectivity index (χ1v) is 4.78. The molecular weight excluding hydrogens is 255 g/mol. The van der Waals surface area contributed by atoms with E-state index >= 15 is 0 Å². The van der Waals surface area contributed by atoms with Crippen LogP contribution in [0.3, 0.4) is 0 Å². The highest BCUT2D eigenvalue weighted by Crippen LogP contribution is 2.35. The van der Waals surface area contributed by atoms with E-state index in [4.69, 9.17) is 0 Å². The Balaban J connectivity index is 3.13. The Kier molecular flexibility index (Phi) is 2.77. The first kappa shape index (κ1) is 9.98. The molecule has 0 amide bonds. The second-order valence-corrected chi connectivity index (χ2v) is 4.45. The molecule has 0 bridgehead atoms. The molecule has 1 aromatic rings. The Morgan fingerprint density at radius 1 is 1.50 bits per heavy atom. The van der Waals surface area contributed by atoms with Crippen molar-refractivity contribution in [3.05, 3.63) is 14.5 Å². The third-order valence-electron chi connectivity index (χ3n) is 1.26. The molecule has 1 rings (SSSR count). The van der Waals surface area contributed by atoms with Gasteiger partial charge in [-0.3, -0.25) is 0 Å². The third kappa shape index (κ3) is 1.98. The molecule has 0 aliphatic carbocycles. The van der Waals surface area contributed by atoms with E-state index in [2.05, 4.69) is 20.9 Å². The predicted octanol–water partition coefficient (Wildman–Crippen LogP) is 3.49. The Morgan fingerprint density at radius 2 is 2.08 bits per heavy atom. The number of alkyl halides is 3. The van der Waals surface area contributed by atoms with Crippen molar-refractivity contribution in [1.82, 2.24) is 4.98 Å². The van der Waals surface area contributed by atoms with Gasteiger partial charge in [0.1, 0.15) is 0 Å². The second kappa shape index (κ2) is 3.33. The average Bonchev–Trinajstić information content (AvgIpc) is 2.29. The summed E-state index contributed by atoms with van der Waals surface area (Å²) in [6.45, 7) is 1.68. The molecule has 1 nitrogen and oxygen atoms in total. The van der Waals surface area contributed by atoms with Gasteiger partial charge in [-0.1, -0.05) is 6.92 Å². The fraction of sp³-hybridized carbons (Fsp3) is 0.500. The van der Waals surface area contributed by atoms with Crippen molar-refractivity contribution >= 4 is 27.3 Å². The summed E-state index contributed by atoms with van der Waals surface area (Å²) in [5.41, 5.74) is -0.762. The average molecular weight is 260 g/mol. The minimum Gasteiger partial charge on any atom is -0.224 e. The van der Waals surface area contributed by atoms with Gasteiger partial charge in [0.15, 0.2) is 9.61 Å². The molecule has 0 unspecified atom stereocenters. The molecule has 6 heteroatoms. The maximum atomic E-state index is 12.2. The molecule has 0 atom stereocenters. The van der Waals surface area contributed by atoms with E-state index in [9.17, 15) is 13.2 Å². The monoisotopic (exact) mass is 259 g/mol. The van der Waals surface area contributed by atoms with Gasteiger partial charge in [0.2, 0.25) is 0 Å². The summed E-state index contributed by atoms with van der Waals surface area (Å²) in [4.78, 5) is 3.64. The number of hydrogen-bond acceptors (Lipinski definition) is 2. The number of aromatic nitrogens is 1. The van der Waals surface area contributed by atoms with Crippen LogP contribution < -0.4 is 0 Å². The molecule has 0 saturated heterocycles. The topological polar surface area (TPSA) is 12.9 Å². The zero-order valence-corrected chi connectivity index (χ0v) is 8.48. The lowest BCUT2D eigenvalue weighted by atomic mass is 10.3. The Morgan fingerprint density at radius 3 is 2.42 bits per heavy atom. The third-order valence-corrected chi connectivity index (χ3v) is 2.91. The number of nitrogens with zero attached hydrogens (tertiary/aromatic N) is 1. The van der Waals surface area contributed by atoms with Crippen LogP contribution in [0.1, 0.15) is 17.5 Å². The molecular formula is C6H5BrF3NS. The molecule has 0 fully saturated rings.